The van der Waals surface area contributed by atoms with Gasteiger partial charge in [-0.1, -0.05) is 13.3 Å². The Morgan fingerprint density at radius 1 is 1.42 bits per heavy atom. The number of carbonyl (C=O) groups is 2. The highest BCUT2D eigenvalue weighted by Gasteiger charge is 2.40. The van der Waals surface area contributed by atoms with Gasteiger partial charge in [0, 0.05) is 0 Å². The maximum atomic E-state index is 12.1. The number of carbonyl (C=O) groups excluding carboxylic acids is 1. The minimum Gasteiger partial charge on any atom is -0.480 e. The Bertz CT molecular complexity index is 335. The smallest absolute Gasteiger partial charge is 0.323 e. The lowest BCUT2D eigenvalue weighted by molar-refractivity contribution is -0.162. The number of hydrogen-bond donors (Lipinski definition) is 1. The topological polar surface area (TPSA) is 66.8 Å². The van der Waals surface area contributed by atoms with Crippen molar-refractivity contribution in [3.63, 3.8) is 0 Å². The Kier molecular flexibility index (Phi) is 5.35. The fourth-order valence-electron chi connectivity index (χ4n) is 2.49. The van der Waals surface area contributed by atoms with Crippen molar-refractivity contribution in [3.8, 4) is 0 Å². The van der Waals surface area contributed by atoms with Gasteiger partial charge < -0.3 is 9.84 Å². The average Bonchev–Trinajstić information content (AvgIpc) is 2.71. The molecule has 0 saturated carbocycles. The van der Waals surface area contributed by atoms with Crippen LogP contribution in [0.3, 0.4) is 0 Å². The van der Waals surface area contributed by atoms with Crippen LogP contribution in [0.25, 0.3) is 0 Å². The van der Waals surface area contributed by atoms with E-state index in [1.54, 1.807) is 4.90 Å². The summed E-state index contributed by atoms with van der Waals surface area (Å²) >= 11 is 0. The maximum absolute atomic E-state index is 12.1. The second-order valence-electron chi connectivity index (χ2n) is 6.07. The molecule has 110 valence electrons. The van der Waals surface area contributed by atoms with Crippen LogP contribution in [0, 0.1) is 0 Å². The molecule has 1 unspecified atom stereocenters. The van der Waals surface area contributed by atoms with E-state index in [-0.39, 0.29) is 5.97 Å². The van der Waals surface area contributed by atoms with E-state index in [1.165, 1.54) is 0 Å². The molecule has 1 saturated heterocycles. The number of carboxylic acids is 1. The molecular formula is C14H25NO4. The van der Waals surface area contributed by atoms with E-state index >= 15 is 0 Å². The molecule has 1 aliphatic heterocycles. The van der Waals surface area contributed by atoms with E-state index in [2.05, 4.69) is 0 Å². The summed E-state index contributed by atoms with van der Waals surface area (Å²) in [5.41, 5.74) is -0.533. The van der Waals surface area contributed by atoms with Crippen molar-refractivity contribution in [1.29, 1.82) is 0 Å². The molecule has 1 fully saturated rings. The highest BCUT2D eigenvalue weighted by Crippen LogP contribution is 2.25. The minimum atomic E-state index is -0.850. The van der Waals surface area contributed by atoms with Gasteiger partial charge in [0.1, 0.15) is 17.7 Å². The first-order chi connectivity index (χ1) is 8.76. The van der Waals surface area contributed by atoms with Gasteiger partial charge >= 0.3 is 11.9 Å². The third-order valence-corrected chi connectivity index (χ3v) is 3.22. The summed E-state index contributed by atoms with van der Waals surface area (Å²) < 4.78 is 5.39. The molecule has 1 heterocycles. The molecule has 5 nitrogen and oxygen atoms in total. The van der Waals surface area contributed by atoms with Gasteiger partial charge in [0.2, 0.25) is 0 Å². The maximum Gasteiger partial charge on any atom is 0.323 e. The predicted molar refractivity (Wildman–Crippen MR) is 71.9 cm³/mol. The van der Waals surface area contributed by atoms with Crippen molar-refractivity contribution < 1.29 is 19.4 Å². The SMILES string of the molecule is CCCC(C(=O)O)N1CCC[C@@H]1C(=O)OC(C)(C)C. The molecule has 1 rings (SSSR count). The number of hydrogen-bond acceptors (Lipinski definition) is 4. The van der Waals surface area contributed by atoms with Gasteiger partial charge in [0.05, 0.1) is 0 Å². The third kappa shape index (κ3) is 4.49. The molecule has 0 radical (unpaired) electrons. The molecule has 5 heteroatoms. The van der Waals surface area contributed by atoms with Gasteiger partial charge in [-0.3, -0.25) is 14.5 Å². The monoisotopic (exact) mass is 271 g/mol. The number of rotatable bonds is 5. The fraction of sp³-hybridized carbons (Fsp3) is 0.857. The van der Waals surface area contributed by atoms with Crippen molar-refractivity contribution in [1.82, 2.24) is 4.90 Å². The number of ether oxygens (including phenoxy) is 1. The largest absolute Gasteiger partial charge is 0.480 e. The molecule has 2 atom stereocenters. The molecule has 0 spiro atoms. The van der Waals surface area contributed by atoms with Crippen molar-refractivity contribution >= 4 is 11.9 Å². The van der Waals surface area contributed by atoms with Gasteiger partial charge in [-0.05, 0) is 46.6 Å². The number of carboxylic acid groups (broad SMARTS) is 1. The summed E-state index contributed by atoms with van der Waals surface area (Å²) in [4.78, 5) is 25.3. The van der Waals surface area contributed by atoms with E-state index in [0.29, 0.717) is 19.4 Å². The summed E-state index contributed by atoms with van der Waals surface area (Å²) in [7, 11) is 0. The number of aliphatic carboxylic acids is 1. The van der Waals surface area contributed by atoms with Gasteiger partial charge in [-0.15, -0.1) is 0 Å². The van der Waals surface area contributed by atoms with Gasteiger partial charge in [0.25, 0.3) is 0 Å². The lowest BCUT2D eigenvalue weighted by atomic mass is 10.1. The summed E-state index contributed by atoms with van der Waals surface area (Å²) in [6, 6.07) is -0.989. The fourth-order valence-corrected chi connectivity index (χ4v) is 2.49. The van der Waals surface area contributed by atoms with E-state index in [0.717, 1.165) is 12.8 Å². The first-order valence-electron chi connectivity index (χ1n) is 6.97. The normalized spacial score (nSPS) is 22.2. The molecule has 1 N–H and O–H groups in total. The Morgan fingerprint density at radius 3 is 2.53 bits per heavy atom. The average molecular weight is 271 g/mol. The zero-order valence-electron chi connectivity index (χ0n) is 12.3. The van der Waals surface area contributed by atoms with E-state index in [9.17, 15) is 14.7 Å². The molecule has 0 aromatic heterocycles. The highest BCUT2D eigenvalue weighted by molar-refractivity contribution is 5.79. The third-order valence-electron chi connectivity index (χ3n) is 3.22. The molecule has 0 aliphatic carbocycles. The molecule has 19 heavy (non-hydrogen) atoms. The number of esters is 1. The Morgan fingerprint density at radius 2 is 2.05 bits per heavy atom. The zero-order valence-corrected chi connectivity index (χ0v) is 12.3. The van der Waals surface area contributed by atoms with E-state index in [4.69, 9.17) is 4.74 Å². The highest BCUT2D eigenvalue weighted by atomic mass is 16.6. The first-order valence-corrected chi connectivity index (χ1v) is 6.97. The first kappa shape index (κ1) is 16.0. The van der Waals surface area contributed by atoms with Crippen molar-refractivity contribution in [3.05, 3.63) is 0 Å². The van der Waals surface area contributed by atoms with Crippen LogP contribution in [-0.4, -0.2) is 46.2 Å². The zero-order chi connectivity index (χ0) is 14.6. The second kappa shape index (κ2) is 6.37. The van der Waals surface area contributed by atoms with Gasteiger partial charge in [-0.2, -0.15) is 0 Å². The number of nitrogens with zero attached hydrogens (tertiary/aromatic N) is 1. The van der Waals surface area contributed by atoms with Crippen LogP contribution < -0.4 is 0 Å². The van der Waals surface area contributed by atoms with Crippen molar-refractivity contribution in [2.45, 2.75) is 71.1 Å². The predicted octanol–water partition coefficient (Wildman–Crippen LogP) is 2.05. The molecule has 0 aromatic rings. The second-order valence-corrected chi connectivity index (χ2v) is 6.07. The van der Waals surface area contributed by atoms with Crippen LogP contribution in [0.15, 0.2) is 0 Å². The van der Waals surface area contributed by atoms with Gasteiger partial charge in [0.15, 0.2) is 0 Å². The van der Waals surface area contributed by atoms with Crippen LogP contribution >= 0.6 is 0 Å². The standard InChI is InChI=1S/C14H25NO4/c1-5-7-10(12(16)17)15-9-6-8-11(15)13(18)19-14(2,3)4/h10-11H,5-9H2,1-4H3,(H,16,17)/t10?,11-/m1/s1. The van der Waals surface area contributed by atoms with Crippen LogP contribution in [0.1, 0.15) is 53.4 Å². The minimum absolute atomic E-state index is 0.299. The van der Waals surface area contributed by atoms with Crippen LogP contribution in [0.2, 0.25) is 0 Å². The van der Waals surface area contributed by atoms with Gasteiger partial charge in [-0.25, -0.2) is 0 Å². The summed E-state index contributed by atoms with van der Waals surface area (Å²) in [6.45, 7) is 8.08. The van der Waals surface area contributed by atoms with E-state index < -0.39 is 23.7 Å². The summed E-state index contributed by atoms with van der Waals surface area (Å²) in [5.74, 6) is -1.15. The quantitative estimate of drug-likeness (QED) is 0.775. The molecule has 0 bridgehead atoms. The lowest BCUT2D eigenvalue weighted by Crippen LogP contribution is -2.48. The van der Waals surface area contributed by atoms with Crippen LogP contribution in [0.4, 0.5) is 0 Å². The summed E-state index contributed by atoms with van der Waals surface area (Å²) in [6.07, 6.45) is 2.88. The van der Waals surface area contributed by atoms with Crippen LogP contribution in [0.5, 0.6) is 0 Å². The van der Waals surface area contributed by atoms with Crippen molar-refractivity contribution in [2.75, 3.05) is 6.54 Å². The molecule has 0 aromatic carbocycles. The van der Waals surface area contributed by atoms with Crippen molar-refractivity contribution in [2.24, 2.45) is 0 Å². The lowest BCUT2D eigenvalue weighted by Gasteiger charge is -2.31. The molecule has 1 aliphatic rings. The Hall–Kier alpha value is -1.10. The van der Waals surface area contributed by atoms with E-state index in [1.807, 2.05) is 27.7 Å². The number of likely N-dealkylation sites (tertiary alicyclic amines) is 1. The molecular weight excluding hydrogens is 246 g/mol. The Balaban J connectivity index is 2.77. The molecule has 0 amide bonds. The van der Waals surface area contributed by atoms with Crippen LogP contribution in [-0.2, 0) is 14.3 Å². The Labute approximate surface area is 114 Å². The summed E-state index contributed by atoms with van der Waals surface area (Å²) in [5, 5.41) is 9.30.